The van der Waals surface area contributed by atoms with E-state index in [1.807, 2.05) is 0 Å². The molecule has 27 heavy (non-hydrogen) atoms. The van der Waals surface area contributed by atoms with Crippen LogP contribution in [0.5, 0.6) is 0 Å². The number of amides is 1. The molecule has 1 aliphatic carbocycles. The van der Waals surface area contributed by atoms with Crippen molar-refractivity contribution >= 4 is 29.1 Å². The molecule has 1 aromatic carbocycles. The van der Waals surface area contributed by atoms with Crippen molar-refractivity contribution in [3.05, 3.63) is 63.6 Å². The topological polar surface area (TPSA) is 62.2 Å². The molecule has 1 aromatic heterocycles. The first-order valence-electron chi connectivity index (χ1n) is 8.52. The third-order valence-corrected chi connectivity index (χ3v) is 5.63. The Morgan fingerprint density at radius 3 is 2.67 bits per heavy atom. The largest absolute Gasteiger partial charge is 0.387 e. The molecule has 1 fully saturated rings. The summed E-state index contributed by atoms with van der Waals surface area (Å²) in [7, 11) is 0. The van der Waals surface area contributed by atoms with E-state index in [4.69, 9.17) is 23.2 Å². The monoisotopic (exact) mass is 414 g/mol. The van der Waals surface area contributed by atoms with Gasteiger partial charge in [-0.15, -0.1) is 0 Å². The van der Waals surface area contributed by atoms with Crippen LogP contribution in [-0.4, -0.2) is 27.8 Å². The molecule has 1 aliphatic rings. The second-order valence-corrected chi connectivity index (χ2v) is 7.47. The summed E-state index contributed by atoms with van der Waals surface area (Å²) in [4.78, 5) is 16.6. The fourth-order valence-corrected chi connectivity index (χ4v) is 3.80. The van der Waals surface area contributed by atoms with Crippen LogP contribution in [0.4, 0.5) is 8.78 Å². The average Bonchev–Trinajstić information content (AvgIpc) is 2.65. The quantitative estimate of drug-likeness (QED) is 0.765. The van der Waals surface area contributed by atoms with Crippen molar-refractivity contribution in [1.82, 2.24) is 10.3 Å². The number of aromatic nitrogens is 1. The van der Waals surface area contributed by atoms with Gasteiger partial charge in [-0.05, 0) is 43.4 Å². The number of hydrogen-bond acceptors (Lipinski definition) is 3. The Balaban J connectivity index is 1.99. The lowest BCUT2D eigenvalue weighted by Crippen LogP contribution is -2.48. The molecule has 1 atom stereocenters. The molecule has 0 spiro atoms. The number of rotatable bonds is 4. The highest BCUT2D eigenvalue weighted by Crippen LogP contribution is 2.42. The summed E-state index contributed by atoms with van der Waals surface area (Å²) in [6.45, 7) is 0. The van der Waals surface area contributed by atoms with Gasteiger partial charge in [0.05, 0.1) is 27.3 Å². The van der Waals surface area contributed by atoms with Gasteiger partial charge in [0.25, 0.3) is 5.91 Å². The van der Waals surface area contributed by atoms with E-state index in [1.165, 1.54) is 36.7 Å². The Labute approximate surface area is 165 Å². The van der Waals surface area contributed by atoms with Crippen LogP contribution in [0.15, 0.2) is 36.7 Å². The molecule has 1 unspecified atom stereocenters. The summed E-state index contributed by atoms with van der Waals surface area (Å²) < 4.78 is 27.6. The number of benzene rings is 1. The van der Waals surface area contributed by atoms with E-state index in [2.05, 4.69) is 10.3 Å². The number of pyridine rings is 1. The summed E-state index contributed by atoms with van der Waals surface area (Å²) in [5, 5.41) is 13.9. The van der Waals surface area contributed by atoms with Gasteiger partial charge in [-0.25, -0.2) is 8.78 Å². The van der Waals surface area contributed by atoms with Crippen LogP contribution in [0, 0.1) is 5.82 Å². The highest BCUT2D eigenvalue weighted by atomic mass is 35.5. The maximum Gasteiger partial charge on any atom is 0.254 e. The smallest absolute Gasteiger partial charge is 0.254 e. The summed E-state index contributed by atoms with van der Waals surface area (Å²) in [5.41, 5.74) is -1.13. The lowest BCUT2D eigenvalue weighted by molar-refractivity contribution is -0.0445. The van der Waals surface area contributed by atoms with Crippen molar-refractivity contribution in [2.24, 2.45) is 0 Å². The summed E-state index contributed by atoms with van der Waals surface area (Å²) in [6.07, 6.45) is 2.21. The summed E-state index contributed by atoms with van der Waals surface area (Å²) in [6, 6.07) is 4.59. The molecule has 8 heteroatoms. The average molecular weight is 415 g/mol. The lowest BCUT2D eigenvalue weighted by Gasteiger charge is -2.41. The third kappa shape index (κ3) is 4.23. The SMILES string of the molecule is O=C(NC(c1cccc(F)c1Cl)C1(O)CCC(F)CC1)c1cnccc1Cl. The van der Waals surface area contributed by atoms with E-state index in [0.717, 1.165) is 0 Å². The van der Waals surface area contributed by atoms with E-state index >= 15 is 0 Å². The van der Waals surface area contributed by atoms with E-state index in [-0.39, 0.29) is 46.9 Å². The predicted octanol–water partition coefficient (Wildman–Crippen LogP) is 4.64. The molecule has 4 nitrogen and oxygen atoms in total. The number of nitrogens with one attached hydrogen (secondary N) is 1. The molecule has 0 aliphatic heterocycles. The first kappa shape index (κ1) is 20.0. The number of aliphatic hydroxyl groups is 1. The standard InChI is InChI=1S/C19H18Cl2F2N2O2/c20-14-6-9-24-10-13(14)18(26)25-17(12-2-1-3-15(23)16(12)21)19(27)7-4-11(22)5-8-19/h1-3,6,9-11,17,27H,4-5,7-8H2,(H,25,26). The molecular formula is C19H18Cl2F2N2O2. The molecule has 2 N–H and O–H groups in total. The van der Waals surface area contributed by atoms with Crippen molar-refractivity contribution in [2.75, 3.05) is 0 Å². The fourth-order valence-electron chi connectivity index (χ4n) is 3.37. The lowest BCUT2D eigenvalue weighted by atomic mass is 9.76. The third-order valence-electron chi connectivity index (χ3n) is 4.90. The van der Waals surface area contributed by atoms with Crippen LogP contribution < -0.4 is 5.32 Å². The number of nitrogens with zero attached hydrogens (tertiary/aromatic N) is 1. The molecule has 1 amide bonds. The normalized spacial score (nSPS) is 23.7. The van der Waals surface area contributed by atoms with Gasteiger partial charge in [0, 0.05) is 12.4 Å². The van der Waals surface area contributed by atoms with E-state index in [1.54, 1.807) is 0 Å². The van der Waals surface area contributed by atoms with Gasteiger partial charge in [0.1, 0.15) is 12.0 Å². The van der Waals surface area contributed by atoms with Crippen LogP contribution in [0.1, 0.15) is 47.6 Å². The Morgan fingerprint density at radius 2 is 2.00 bits per heavy atom. The second-order valence-electron chi connectivity index (χ2n) is 6.68. The molecular weight excluding hydrogens is 397 g/mol. The Kier molecular flexibility index (Phi) is 5.99. The van der Waals surface area contributed by atoms with Crippen LogP contribution in [0.25, 0.3) is 0 Å². The summed E-state index contributed by atoms with van der Waals surface area (Å²) in [5.74, 6) is -1.26. The van der Waals surface area contributed by atoms with Crippen molar-refractivity contribution in [3.8, 4) is 0 Å². The van der Waals surface area contributed by atoms with Gasteiger partial charge in [-0.1, -0.05) is 35.3 Å². The van der Waals surface area contributed by atoms with Crippen molar-refractivity contribution < 1.29 is 18.7 Å². The first-order valence-corrected chi connectivity index (χ1v) is 9.28. The van der Waals surface area contributed by atoms with Crippen molar-refractivity contribution in [1.29, 1.82) is 0 Å². The molecule has 0 saturated heterocycles. The Hall–Kier alpha value is -1.76. The van der Waals surface area contributed by atoms with Gasteiger partial charge < -0.3 is 10.4 Å². The molecule has 1 saturated carbocycles. The van der Waals surface area contributed by atoms with Crippen molar-refractivity contribution in [2.45, 2.75) is 43.5 Å². The number of carbonyl (C=O) groups is 1. The number of carbonyl (C=O) groups excluding carboxylic acids is 1. The maximum atomic E-state index is 14.0. The van der Waals surface area contributed by atoms with Crippen molar-refractivity contribution in [3.63, 3.8) is 0 Å². The van der Waals surface area contributed by atoms with Crippen LogP contribution in [-0.2, 0) is 0 Å². The van der Waals surface area contributed by atoms with Crippen LogP contribution in [0.3, 0.4) is 0 Å². The van der Waals surface area contributed by atoms with Gasteiger partial charge >= 0.3 is 0 Å². The number of hydrogen-bond donors (Lipinski definition) is 2. The van der Waals surface area contributed by atoms with Crippen LogP contribution >= 0.6 is 23.2 Å². The number of halogens is 4. The van der Waals surface area contributed by atoms with E-state index in [0.29, 0.717) is 0 Å². The molecule has 144 valence electrons. The first-order chi connectivity index (χ1) is 12.8. The molecule has 0 bridgehead atoms. The molecule has 2 aromatic rings. The highest BCUT2D eigenvalue weighted by molar-refractivity contribution is 6.33. The van der Waals surface area contributed by atoms with Gasteiger partial charge in [-0.3, -0.25) is 9.78 Å². The zero-order valence-electron chi connectivity index (χ0n) is 14.3. The predicted molar refractivity (Wildman–Crippen MR) is 99.2 cm³/mol. The second kappa shape index (κ2) is 8.09. The fraction of sp³-hybridized carbons (Fsp3) is 0.368. The van der Waals surface area contributed by atoms with Gasteiger partial charge in [-0.2, -0.15) is 0 Å². The minimum Gasteiger partial charge on any atom is -0.387 e. The van der Waals surface area contributed by atoms with Gasteiger partial charge in [0.15, 0.2) is 0 Å². The maximum absolute atomic E-state index is 14.0. The molecule has 1 heterocycles. The van der Waals surface area contributed by atoms with E-state index in [9.17, 15) is 18.7 Å². The van der Waals surface area contributed by atoms with Crippen LogP contribution in [0.2, 0.25) is 10.0 Å². The zero-order chi connectivity index (χ0) is 19.6. The Bertz CT molecular complexity index is 842. The summed E-state index contributed by atoms with van der Waals surface area (Å²) >= 11 is 12.2. The zero-order valence-corrected chi connectivity index (χ0v) is 15.8. The molecule has 0 radical (unpaired) electrons. The van der Waals surface area contributed by atoms with Gasteiger partial charge in [0.2, 0.25) is 0 Å². The molecule has 3 rings (SSSR count). The van der Waals surface area contributed by atoms with E-state index < -0.39 is 29.5 Å². The highest BCUT2D eigenvalue weighted by Gasteiger charge is 2.43. The number of alkyl halides is 1. The minimum atomic E-state index is -1.47. The minimum absolute atomic E-state index is 0.104. The Morgan fingerprint density at radius 1 is 1.30 bits per heavy atom.